The maximum absolute atomic E-state index is 2.59. The van der Waals surface area contributed by atoms with Gasteiger partial charge in [-0.1, -0.05) is 29.8 Å². The van der Waals surface area contributed by atoms with Crippen molar-refractivity contribution < 1.29 is 0 Å². The molecule has 0 aromatic heterocycles. The van der Waals surface area contributed by atoms with E-state index in [1.54, 1.807) is 0 Å². The number of hydrogen-bond donors (Lipinski definition) is 0. The molecule has 0 amide bonds. The number of likely N-dealkylation sites (tertiary alicyclic amines) is 1. The largest absolute Gasteiger partial charge is 0.303 e. The van der Waals surface area contributed by atoms with Crippen LogP contribution in [0.1, 0.15) is 24.0 Å². The zero-order valence-electron chi connectivity index (χ0n) is 10.1. The van der Waals surface area contributed by atoms with Crippen molar-refractivity contribution in [2.45, 2.75) is 25.5 Å². The first-order valence-electron chi connectivity index (χ1n) is 6.20. The molecule has 0 saturated carbocycles. The summed E-state index contributed by atoms with van der Waals surface area (Å²) in [5, 5.41) is 0. The van der Waals surface area contributed by atoms with Crippen LogP contribution in [0.2, 0.25) is 0 Å². The molecule has 16 heavy (non-hydrogen) atoms. The summed E-state index contributed by atoms with van der Waals surface area (Å²) in [7, 11) is 0. The predicted octanol–water partition coefficient (Wildman–Crippen LogP) is 3.32. The molecule has 1 aliphatic heterocycles. The van der Waals surface area contributed by atoms with E-state index in [0.717, 1.165) is 5.75 Å². The molecular formula is C14H21NS. The van der Waals surface area contributed by atoms with Gasteiger partial charge in [0.2, 0.25) is 0 Å². The lowest BCUT2D eigenvalue weighted by Gasteiger charge is -2.13. The standard InChI is InChI=1S/C14H21NS/c1-13-4-6-14(7-5-13)12-16-11-10-15-8-2-3-9-15/h4-7H,2-3,8-12H2,1H3. The molecule has 1 heterocycles. The van der Waals surface area contributed by atoms with Crippen LogP contribution in [-0.4, -0.2) is 30.3 Å². The average molecular weight is 235 g/mol. The van der Waals surface area contributed by atoms with Gasteiger partial charge in [-0.2, -0.15) is 11.8 Å². The number of nitrogens with zero attached hydrogens (tertiary/aromatic N) is 1. The van der Waals surface area contributed by atoms with Crippen molar-refractivity contribution in [1.82, 2.24) is 4.90 Å². The Kier molecular flexibility index (Phi) is 4.73. The van der Waals surface area contributed by atoms with Crippen LogP contribution in [0.15, 0.2) is 24.3 Å². The van der Waals surface area contributed by atoms with Crippen molar-refractivity contribution in [3.63, 3.8) is 0 Å². The van der Waals surface area contributed by atoms with Crippen molar-refractivity contribution in [2.75, 3.05) is 25.4 Å². The number of benzene rings is 1. The molecule has 0 aliphatic carbocycles. The third-order valence-corrected chi connectivity index (χ3v) is 4.15. The molecule has 0 unspecified atom stereocenters. The molecule has 0 N–H and O–H groups in total. The monoisotopic (exact) mass is 235 g/mol. The first kappa shape index (κ1) is 12.0. The highest BCUT2D eigenvalue weighted by Gasteiger charge is 2.10. The first-order valence-corrected chi connectivity index (χ1v) is 7.36. The van der Waals surface area contributed by atoms with Gasteiger partial charge < -0.3 is 4.90 Å². The minimum absolute atomic E-state index is 1.16. The third-order valence-electron chi connectivity index (χ3n) is 3.14. The fourth-order valence-corrected chi connectivity index (χ4v) is 3.03. The van der Waals surface area contributed by atoms with Crippen LogP contribution in [-0.2, 0) is 5.75 Å². The third kappa shape index (κ3) is 3.84. The average Bonchev–Trinajstić information content (AvgIpc) is 2.80. The Morgan fingerprint density at radius 1 is 1.12 bits per heavy atom. The summed E-state index contributed by atoms with van der Waals surface area (Å²) < 4.78 is 0. The lowest BCUT2D eigenvalue weighted by atomic mass is 10.2. The molecule has 1 aliphatic rings. The summed E-state index contributed by atoms with van der Waals surface area (Å²) in [6.45, 7) is 6.07. The Balaban J connectivity index is 1.62. The molecule has 0 bridgehead atoms. The van der Waals surface area contributed by atoms with Crippen molar-refractivity contribution >= 4 is 11.8 Å². The molecule has 1 aromatic rings. The molecule has 1 nitrogen and oxygen atoms in total. The molecule has 0 radical (unpaired) electrons. The second-order valence-corrected chi connectivity index (χ2v) is 5.69. The quantitative estimate of drug-likeness (QED) is 0.720. The SMILES string of the molecule is Cc1ccc(CSCCN2CCCC2)cc1. The molecular weight excluding hydrogens is 214 g/mol. The molecule has 1 aromatic carbocycles. The summed E-state index contributed by atoms with van der Waals surface area (Å²) >= 11 is 2.06. The van der Waals surface area contributed by atoms with Crippen LogP contribution in [0.3, 0.4) is 0 Å². The van der Waals surface area contributed by atoms with Gasteiger partial charge in [0, 0.05) is 18.1 Å². The summed E-state index contributed by atoms with van der Waals surface area (Å²) in [6.07, 6.45) is 2.81. The second kappa shape index (κ2) is 6.31. The van der Waals surface area contributed by atoms with Gasteiger partial charge in [-0.3, -0.25) is 0 Å². The van der Waals surface area contributed by atoms with Gasteiger partial charge in [0.25, 0.3) is 0 Å². The van der Waals surface area contributed by atoms with E-state index < -0.39 is 0 Å². The van der Waals surface area contributed by atoms with Crippen LogP contribution < -0.4 is 0 Å². The topological polar surface area (TPSA) is 3.24 Å². The molecule has 1 fully saturated rings. The van der Waals surface area contributed by atoms with E-state index in [2.05, 4.69) is 47.9 Å². The lowest BCUT2D eigenvalue weighted by Crippen LogP contribution is -2.21. The van der Waals surface area contributed by atoms with Gasteiger partial charge in [0.1, 0.15) is 0 Å². The van der Waals surface area contributed by atoms with E-state index in [9.17, 15) is 0 Å². The maximum Gasteiger partial charge on any atom is 0.0185 e. The number of thioether (sulfide) groups is 1. The van der Waals surface area contributed by atoms with Gasteiger partial charge in [-0.05, 0) is 38.4 Å². The Bertz CT molecular complexity index is 301. The molecule has 1 saturated heterocycles. The van der Waals surface area contributed by atoms with Crippen LogP contribution >= 0.6 is 11.8 Å². The van der Waals surface area contributed by atoms with Gasteiger partial charge >= 0.3 is 0 Å². The minimum Gasteiger partial charge on any atom is -0.303 e. The molecule has 0 spiro atoms. The second-order valence-electron chi connectivity index (χ2n) is 4.59. The van der Waals surface area contributed by atoms with Gasteiger partial charge in [-0.15, -0.1) is 0 Å². The van der Waals surface area contributed by atoms with E-state index in [4.69, 9.17) is 0 Å². The van der Waals surface area contributed by atoms with Gasteiger partial charge in [0.15, 0.2) is 0 Å². The fraction of sp³-hybridized carbons (Fsp3) is 0.571. The van der Waals surface area contributed by atoms with E-state index >= 15 is 0 Å². The lowest BCUT2D eigenvalue weighted by molar-refractivity contribution is 0.362. The highest BCUT2D eigenvalue weighted by Crippen LogP contribution is 2.14. The van der Waals surface area contributed by atoms with E-state index in [-0.39, 0.29) is 0 Å². The molecule has 2 heteroatoms. The Hall–Kier alpha value is -0.470. The maximum atomic E-state index is 2.59. The molecule has 88 valence electrons. The van der Waals surface area contributed by atoms with E-state index in [0.29, 0.717) is 0 Å². The molecule has 0 atom stereocenters. The Morgan fingerprint density at radius 3 is 2.50 bits per heavy atom. The fourth-order valence-electron chi connectivity index (χ4n) is 2.07. The van der Waals surface area contributed by atoms with Crippen LogP contribution in [0.4, 0.5) is 0 Å². The normalized spacial score (nSPS) is 16.8. The van der Waals surface area contributed by atoms with Crippen molar-refractivity contribution in [3.8, 4) is 0 Å². The first-order chi connectivity index (χ1) is 7.84. The number of hydrogen-bond acceptors (Lipinski definition) is 2. The zero-order valence-corrected chi connectivity index (χ0v) is 10.9. The van der Waals surface area contributed by atoms with E-state index in [1.807, 2.05) is 0 Å². The van der Waals surface area contributed by atoms with Crippen molar-refractivity contribution in [3.05, 3.63) is 35.4 Å². The highest BCUT2D eigenvalue weighted by molar-refractivity contribution is 7.98. The summed E-state index contributed by atoms with van der Waals surface area (Å²) in [5.74, 6) is 2.43. The number of rotatable bonds is 5. The minimum atomic E-state index is 1.16. The van der Waals surface area contributed by atoms with Crippen LogP contribution in [0, 0.1) is 6.92 Å². The summed E-state index contributed by atoms with van der Waals surface area (Å²) in [4.78, 5) is 2.59. The van der Waals surface area contributed by atoms with Crippen LogP contribution in [0.5, 0.6) is 0 Å². The Labute approximate surface area is 103 Å². The zero-order chi connectivity index (χ0) is 11.2. The van der Waals surface area contributed by atoms with Crippen LogP contribution in [0.25, 0.3) is 0 Å². The van der Waals surface area contributed by atoms with Crippen molar-refractivity contribution in [2.24, 2.45) is 0 Å². The van der Waals surface area contributed by atoms with Gasteiger partial charge in [0.05, 0.1) is 0 Å². The summed E-state index contributed by atoms with van der Waals surface area (Å²) in [6, 6.07) is 8.91. The smallest absolute Gasteiger partial charge is 0.0185 e. The van der Waals surface area contributed by atoms with E-state index in [1.165, 1.54) is 49.4 Å². The Morgan fingerprint density at radius 2 is 1.81 bits per heavy atom. The molecule has 2 rings (SSSR count). The van der Waals surface area contributed by atoms with Gasteiger partial charge in [-0.25, -0.2) is 0 Å². The van der Waals surface area contributed by atoms with Crippen molar-refractivity contribution in [1.29, 1.82) is 0 Å². The predicted molar refractivity (Wildman–Crippen MR) is 73.0 cm³/mol. The highest BCUT2D eigenvalue weighted by atomic mass is 32.2. The summed E-state index contributed by atoms with van der Waals surface area (Å²) in [5.41, 5.74) is 2.81. The number of aryl methyl sites for hydroxylation is 1.